The van der Waals surface area contributed by atoms with Gasteiger partial charge in [-0.15, -0.1) is 0 Å². The number of imide groups is 2. The van der Waals surface area contributed by atoms with Crippen LogP contribution < -0.4 is 0 Å². The summed E-state index contributed by atoms with van der Waals surface area (Å²) < 4.78 is 0. The molecule has 2 saturated heterocycles. The van der Waals surface area contributed by atoms with Crippen molar-refractivity contribution in [3.8, 4) is 0 Å². The number of hydrogen-bond donors (Lipinski definition) is 0. The van der Waals surface area contributed by atoms with Gasteiger partial charge in [0.15, 0.2) is 0 Å². The zero-order valence-electron chi connectivity index (χ0n) is 18.9. The van der Waals surface area contributed by atoms with Crippen LogP contribution >= 0.6 is 0 Å². The number of piperidine rings is 2. The molecule has 0 N–H and O–H groups in total. The summed E-state index contributed by atoms with van der Waals surface area (Å²) in [6, 6.07) is -0.0208. The zero-order valence-corrected chi connectivity index (χ0v) is 18.9. The van der Waals surface area contributed by atoms with Gasteiger partial charge in [0.05, 0.1) is 11.8 Å². The average molecular weight is 429 g/mol. The van der Waals surface area contributed by atoms with Crippen molar-refractivity contribution in [2.75, 3.05) is 7.05 Å². The molecule has 2 aliphatic heterocycles. The van der Waals surface area contributed by atoms with Gasteiger partial charge in [-0.1, -0.05) is 32.6 Å². The first-order valence-corrected chi connectivity index (χ1v) is 12.5. The number of fused-ring (bicyclic) bond motifs is 5. The van der Waals surface area contributed by atoms with E-state index in [4.69, 9.17) is 0 Å². The van der Waals surface area contributed by atoms with Crippen LogP contribution in [0.15, 0.2) is 0 Å². The Morgan fingerprint density at radius 2 is 1.35 bits per heavy atom. The van der Waals surface area contributed by atoms with Gasteiger partial charge in [-0.25, -0.2) is 0 Å². The quantitative estimate of drug-likeness (QED) is 0.646. The topological polar surface area (TPSA) is 74.8 Å². The number of carbonyl (C=O) groups is 4. The van der Waals surface area contributed by atoms with Gasteiger partial charge in [0.1, 0.15) is 0 Å². The maximum atomic E-state index is 13.5. The lowest BCUT2D eigenvalue weighted by Gasteiger charge is -2.42. The Morgan fingerprint density at radius 3 is 2.00 bits per heavy atom. The molecule has 5 fully saturated rings. The lowest BCUT2D eigenvalue weighted by molar-refractivity contribution is -0.161. The summed E-state index contributed by atoms with van der Waals surface area (Å²) in [5.41, 5.74) is 0. The van der Waals surface area contributed by atoms with E-state index in [1.165, 1.54) is 49.0 Å². The standard InChI is InChI=1S/C25H36N2O4/c1-14-3-5-15(6-4-14)11-16-7-9-17(10-8-16)27-21(28)13-18-19-12-20(22(18)25(27)31)24(30)26(2)23(19)29/h14-20,22H,3-13H2,1-2H3. The first kappa shape index (κ1) is 21.1. The van der Waals surface area contributed by atoms with Crippen LogP contribution in [0.25, 0.3) is 0 Å². The molecule has 5 aliphatic rings. The Morgan fingerprint density at radius 1 is 0.774 bits per heavy atom. The lowest BCUT2D eigenvalue weighted by Crippen LogP contribution is -2.55. The third-order valence-corrected chi connectivity index (χ3v) is 9.40. The van der Waals surface area contributed by atoms with Crippen LogP contribution in [0, 0.1) is 41.4 Å². The Kier molecular flexibility index (Phi) is 5.46. The van der Waals surface area contributed by atoms with Crippen LogP contribution in [-0.2, 0) is 19.2 Å². The molecule has 0 spiro atoms. The van der Waals surface area contributed by atoms with Crippen molar-refractivity contribution in [2.24, 2.45) is 41.4 Å². The first-order valence-electron chi connectivity index (χ1n) is 12.5. The predicted molar refractivity (Wildman–Crippen MR) is 114 cm³/mol. The van der Waals surface area contributed by atoms with E-state index in [1.54, 1.807) is 0 Å². The molecule has 4 atom stereocenters. The van der Waals surface area contributed by atoms with Crippen LogP contribution in [-0.4, -0.2) is 46.5 Å². The fourth-order valence-electron chi connectivity index (χ4n) is 7.55. The summed E-state index contributed by atoms with van der Waals surface area (Å²) >= 11 is 0. The van der Waals surface area contributed by atoms with Gasteiger partial charge in [-0.05, 0) is 62.2 Å². The molecular formula is C25H36N2O4. The van der Waals surface area contributed by atoms with Gasteiger partial charge in [0.25, 0.3) is 0 Å². The molecule has 6 heteroatoms. The van der Waals surface area contributed by atoms with E-state index in [0.717, 1.165) is 43.4 Å². The van der Waals surface area contributed by atoms with Crippen LogP contribution in [0.4, 0.5) is 0 Å². The Hall–Kier alpha value is -1.72. The molecule has 4 amide bonds. The van der Waals surface area contributed by atoms with Gasteiger partial charge in [0, 0.05) is 25.4 Å². The summed E-state index contributed by atoms with van der Waals surface area (Å²) in [6.45, 7) is 2.36. The molecule has 6 nitrogen and oxygen atoms in total. The molecule has 3 saturated carbocycles. The Balaban J connectivity index is 1.23. The van der Waals surface area contributed by atoms with E-state index in [-0.39, 0.29) is 47.9 Å². The van der Waals surface area contributed by atoms with Gasteiger partial charge >= 0.3 is 0 Å². The fraction of sp³-hybridized carbons (Fsp3) is 0.840. The highest BCUT2D eigenvalue weighted by Gasteiger charge is 2.61. The van der Waals surface area contributed by atoms with Gasteiger partial charge in [0.2, 0.25) is 23.6 Å². The highest BCUT2D eigenvalue weighted by Crippen LogP contribution is 2.51. The van der Waals surface area contributed by atoms with E-state index < -0.39 is 11.8 Å². The van der Waals surface area contributed by atoms with E-state index in [2.05, 4.69) is 6.92 Å². The molecule has 0 aromatic rings. The van der Waals surface area contributed by atoms with Crippen molar-refractivity contribution in [1.29, 1.82) is 0 Å². The minimum atomic E-state index is -0.481. The number of likely N-dealkylation sites (tertiary alicyclic amines) is 2. The number of carbonyl (C=O) groups excluding carboxylic acids is 4. The molecule has 0 radical (unpaired) electrons. The average Bonchev–Trinajstić information content (AvgIpc) is 3.11. The third-order valence-electron chi connectivity index (χ3n) is 9.40. The van der Waals surface area contributed by atoms with Crippen molar-refractivity contribution in [2.45, 2.75) is 83.6 Å². The maximum Gasteiger partial charge on any atom is 0.233 e. The van der Waals surface area contributed by atoms with Crippen molar-refractivity contribution in [3.63, 3.8) is 0 Å². The SMILES string of the molecule is CC1CCC(CC2CCC(N3C(=O)CC4C5CC(C(=O)N(C)C5=O)C4C3=O)CC2)CC1. The second kappa shape index (κ2) is 8.00. The normalized spacial score (nSPS) is 43.4. The zero-order chi connectivity index (χ0) is 21.9. The predicted octanol–water partition coefficient (Wildman–Crippen LogP) is 3.39. The molecule has 2 bridgehead atoms. The highest BCUT2D eigenvalue weighted by atomic mass is 16.2. The first-order chi connectivity index (χ1) is 14.8. The highest BCUT2D eigenvalue weighted by molar-refractivity contribution is 6.08. The molecule has 2 heterocycles. The van der Waals surface area contributed by atoms with E-state index in [9.17, 15) is 19.2 Å². The third kappa shape index (κ3) is 3.54. The molecular weight excluding hydrogens is 392 g/mol. The summed E-state index contributed by atoms with van der Waals surface area (Å²) in [7, 11) is 1.51. The van der Waals surface area contributed by atoms with Crippen molar-refractivity contribution in [1.82, 2.24) is 9.80 Å². The summed E-state index contributed by atoms with van der Waals surface area (Å²) in [5.74, 6) is 0.185. The molecule has 0 aromatic heterocycles. The van der Waals surface area contributed by atoms with Gasteiger partial charge in [-0.2, -0.15) is 0 Å². The van der Waals surface area contributed by atoms with Crippen molar-refractivity contribution < 1.29 is 19.2 Å². The summed E-state index contributed by atoms with van der Waals surface area (Å²) in [6.07, 6.45) is 11.4. The minimum absolute atomic E-state index is 0.0208. The summed E-state index contributed by atoms with van der Waals surface area (Å²) in [4.78, 5) is 54.4. The van der Waals surface area contributed by atoms with Gasteiger partial charge < -0.3 is 0 Å². The largest absolute Gasteiger partial charge is 0.285 e. The van der Waals surface area contributed by atoms with Crippen LogP contribution in [0.1, 0.15) is 77.6 Å². The van der Waals surface area contributed by atoms with E-state index in [0.29, 0.717) is 6.42 Å². The molecule has 31 heavy (non-hydrogen) atoms. The Bertz CT molecular complexity index is 778. The summed E-state index contributed by atoms with van der Waals surface area (Å²) in [5, 5.41) is 0. The van der Waals surface area contributed by atoms with Crippen LogP contribution in [0.2, 0.25) is 0 Å². The van der Waals surface area contributed by atoms with Crippen molar-refractivity contribution >= 4 is 23.6 Å². The Labute approximate surface area is 185 Å². The van der Waals surface area contributed by atoms with Crippen LogP contribution in [0.5, 0.6) is 0 Å². The number of nitrogens with zero attached hydrogens (tertiary/aromatic N) is 2. The minimum Gasteiger partial charge on any atom is -0.285 e. The van der Waals surface area contributed by atoms with E-state index in [1.807, 2.05) is 0 Å². The van der Waals surface area contributed by atoms with Gasteiger partial charge in [-0.3, -0.25) is 29.0 Å². The lowest BCUT2D eigenvalue weighted by atomic mass is 9.74. The fourth-order valence-corrected chi connectivity index (χ4v) is 7.55. The number of amides is 4. The second-order valence-electron chi connectivity index (χ2n) is 11.2. The maximum absolute atomic E-state index is 13.5. The van der Waals surface area contributed by atoms with Crippen LogP contribution in [0.3, 0.4) is 0 Å². The monoisotopic (exact) mass is 428 g/mol. The van der Waals surface area contributed by atoms with Crippen molar-refractivity contribution in [3.05, 3.63) is 0 Å². The molecule has 170 valence electrons. The second-order valence-corrected chi connectivity index (χ2v) is 11.2. The molecule has 5 rings (SSSR count). The molecule has 4 unspecified atom stereocenters. The molecule has 0 aromatic carbocycles. The number of rotatable bonds is 3. The smallest absolute Gasteiger partial charge is 0.233 e. The number of hydrogen-bond acceptors (Lipinski definition) is 4. The molecule has 3 aliphatic carbocycles. The van der Waals surface area contributed by atoms with E-state index >= 15 is 0 Å².